The fourth-order valence-electron chi connectivity index (χ4n) is 3.29. The normalized spacial score (nSPS) is 15.7. The zero-order valence-electron chi connectivity index (χ0n) is 15.4. The largest absolute Gasteiger partial charge is 0.345 e. The summed E-state index contributed by atoms with van der Waals surface area (Å²) in [6, 6.07) is 14.6. The van der Waals surface area contributed by atoms with Gasteiger partial charge in [0.2, 0.25) is 10.0 Å². The van der Waals surface area contributed by atoms with Crippen LogP contribution >= 0.6 is 22.9 Å². The van der Waals surface area contributed by atoms with E-state index in [1.165, 1.54) is 15.9 Å². The lowest BCUT2D eigenvalue weighted by atomic mass is 10.1. The summed E-state index contributed by atoms with van der Waals surface area (Å²) < 4.78 is 27.2. The van der Waals surface area contributed by atoms with E-state index in [2.05, 4.69) is 29.3 Å². The van der Waals surface area contributed by atoms with Crippen molar-refractivity contribution >= 4 is 38.1 Å². The van der Waals surface area contributed by atoms with Crippen LogP contribution in [0.5, 0.6) is 0 Å². The molecule has 0 N–H and O–H groups in total. The van der Waals surface area contributed by atoms with Crippen molar-refractivity contribution in [1.29, 1.82) is 0 Å². The highest BCUT2D eigenvalue weighted by Gasteiger charge is 2.29. The number of nitrogens with zero attached hydrogens (tertiary/aromatic N) is 3. The maximum atomic E-state index is 12.8. The van der Waals surface area contributed by atoms with E-state index in [1.807, 2.05) is 12.1 Å². The minimum absolute atomic E-state index is 0.240. The van der Waals surface area contributed by atoms with E-state index in [0.29, 0.717) is 31.2 Å². The summed E-state index contributed by atoms with van der Waals surface area (Å²) in [5, 5.41) is 3.41. The zero-order chi connectivity index (χ0) is 19.7. The first-order valence-electron chi connectivity index (χ1n) is 8.97. The number of piperazine rings is 1. The highest BCUT2D eigenvalue weighted by molar-refractivity contribution is 7.89. The predicted octanol–water partition coefficient (Wildman–Crippen LogP) is 4.28. The van der Waals surface area contributed by atoms with Crippen molar-refractivity contribution in [3.63, 3.8) is 0 Å². The van der Waals surface area contributed by atoms with Crippen LogP contribution in [0.3, 0.4) is 0 Å². The first-order valence-corrected chi connectivity index (χ1v) is 11.7. The molecule has 3 aromatic rings. The Balaban J connectivity index is 1.47. The fourth-order valence-corrected chi connectivity index (χ4v) is 5.89. The van der Waals surface area contributed by atoms with Gasteiger partial charge in [-0.15, -0.1) is 11.3 Å². The monoisotopic (exact) mass is 433 g/mol. The standard InChI is InChI=1S/C20H20ClN3O2S2/c1-15-5-2-3-8-18(15)19-14-27-20(22-19)23-9-11-24(12-10-23)28(25,26)17-7-4-6-16(21)13-17/h2-8,13-14H,9-12H2,1H3. The predicted molar refractivity (Wildman–Crippen MR) is 115 cm³/mol. The Morgan fingerprint density at radius 3 is 2.50 bits per heavy atom. The number of aromatic nitrogens is 1. The molecule has 4 rings (SSSR count). The SMILES string of the molecule is Cc1ccccc1-c1csc(N2CCN(S(=O)(=O)c3cccc(Cl)c3)CC2)n1. The number of rotatable bonds is 4. The second-order valence-corrected chi connectivity index (χ2v) is 9.89. The van der Waals surface area contributed by atoms with Gasteiger partial charge >= 0.3 is 0 Å². The van der Waals surface area contributed by atoms with Crippen molar-refractivity contribution in [1.82, 2.24) is 9.29 Å². The van der Waals surface area contributed by atoms with E-state index < -0.39 is 10.0 Å². The van der Waals surface area contributed by atoms with Gasteiger partial charge in [0.05, 0.1) is 10.6 Å². The van der Waals surface area contributed by atoms with Crippen molar-refractivity contribution in [3.8, 4) is 11.3 Å². The van der Waals surface area contributed by atoms with Crippen LogP contribution in [-0.2, 0) is 10.0 Å². The molecule has 0 saturated carbocycles. The molecule has 0 unspecified atom stereocenters. The van der Waals surface area contributed by atoms with Crippen molar-refractivity contribution < 1.29 is 8.42 Å². The summed E-state index contributed by atoms with van der Waals surface area (Å²) >= 11 is 7.55. The molecule has 1 aromatic heterocycles. The molecule has 8 heteroatoms. The molecule has 1 aliphatic heterocycles. The third-order valence-electron chi connectivity index (χ3n) is 4.86. The second-order valence-electron chi connectivity index (χ2n) is 6.68. The summed E-state index contributed by atoms with van der Waals surface area (Å²) in [7, 11) is -3.53. The van der Waals surface area contributed by atoms with Crippen molar-refractivity contribution in [2.75, 3.05) is 31.1 Å². The highest BCUT2D eigenvalue weighted by Crippen LogP contribution is 2.30. The molecule has 0 amide bonds. The summed E-state index contributed by atoms with van der Waals surface area (Å²) in [5.41, 5.74) is 3.29. The molecule has 0 spiro atoms. The van der Waals surface area contributed by atoms with Gasteiger partial charge in [0.1, 0.15) is 0 Å². The molecular formula is C20H20ClN3O2S2. The molecule has 0 bridgehead atoms. The molecule has 2 heterocycles. The van der Waals surface area contributed by atoms with Gasteiger partial charge in [-0.3, -0.25) is 0 Å². The van der Waals surface area contributed by atoms with Crippen LogP contribution in [-0.4, -0.2) is 43.9 Å². The van der Waals surface area contributed by atoms with E-state index in [9.17, 15) is 8.42 Å². The van der Waals surface area contributed by atoms with Crippen molar-refractivity contribution in [2.24, 2.45) is 0 Å². The third-order valence-corrected chi connectivity index (χ3v) is 7.89. The smallest absolute Gasteiger partial charge is 0.243 e. The van der Waals surface area contributed by atoms with E-state index in [-0.39, 0.29) is 4.90 Å². The van der Waals surface area contributed by atoms with Gasteiger partial charge in [0.15, 0.2) is 5.13 Å². The Morgan fingerprint density at radius 1 is 1.04 bits per heavy atom. The lowest BCUT2D eigenvalue weighted by Crippen LogP contribution is -2.48. The summed E-state index contributed by atoms with van der Waals surface area (Å²) in [6.07, 6.45) is 0. The number of hydrogen-bond acceptors (Lipinski definition) is 5. The lowest BCUT2D eigenvalue weighted by molar-refractivity contribution is 0.385. The molecule has 1 saturated heterocycles. The van der Waals surface area contributed by atoms with Crippen LogP contribution in [0.2, 0.25) is 5.02 Å². The molecule has 1 aliphatic rings. The summed E-state index contributed by atoms with van der Waals surface area (Å²) in [4.78, 5) is 7.17. The quantitative estimate of drug-likeness (QED) is 0.616. The molecule has 5 nitrogen and oxygen atoms in total. The first kappa shape index (κ1) is 19.4. The average molecular weight is 434 g/mol. The van der Waals surface area contributed by atoms with Crippen LogP contribution in [0.15, 0.2) is 58.8 Å². The number of aryl methyl sites for hydroxylation is 1. The Hall–Kier alpha value is -1.93. The van der Waals surface area contributed by atoms with Gasteiger partial charge in [-0.2, -0.15) is 4.31 Å². The van der Waals surface area contributed by atoms with E-state index in [1.54, 1.807) is 29.5 Å². The maximum Gasteiger partial charge on any atom is 0.243 e. The zero-order valence-corrected chi connectivity index (χ0v) is 17.8. The number of anilines is 1. The molecule has 0 aliphatic carbocycles. The topological polar surface area (TPSA) is 53.5 Å². The van der Waals surface area contributed by atoms with Gasteiger partial charge in [-0.1, -0.05) is 41.9 Å². The van der Waals surface area contributed by atoms with Crippen molar-refractivity contribution in [2.45, 2.75) is 11.8 Å². The van der Waals surface area contributed by atoms with Crippen LogP contribution in [0.1, 0.15) is 5.56 Å². The van der Waals surface area contributed by atoms with Crippen LogP contribution in [0, 0.1) is 6.92 Å². The highest BCUT2D eigenvalue weighted by atomic mass is 35.5. The number of hydrogen-bond donors (Lipinski definition) is 0. The average Bonchev–Trinajstić information content (AvgIpc) is 3.18. The number of sulfonamides is 1. The molecule has 28 heavy (non-hydrogen) atoms. The van der Waals surface area contributed by atoms with E-state index in [0.717, 1.165) is 16.4 Å². The van der Waals surface area contributed by atoms with Gasteiger partial charge < -0.3 is 4.90 Å². The van der Waals surface area contributed by atoms with Crippen LogP contribution in [0.4, 0.5) is 5.13 Å². The van der Waals surface area contributed by atoms with E-state index in [4.69, 9.17) is 16.6 Å². The number of thiazole rings is 1. The Morgan fingerprint density at radius 2 is 1.79 bits per heavy atom. The van der Waals surface area contributed by atoms with E-state index >= 15 is 0 Å². The molecule has 0 atom stereocenters. The van der Waals surface area contributed by atoms with Gasteiger partial charge in [-0.25, -0.2) is 13.4 Å². The first-order chi connectivity index (χ1) is 13.4. The van der Waals surface area contributed by atoms with Crippen LogP contribution in [0.25, 0.3) is 11.3 Å². The second kappa shape index (κ2) is 7.83. The molecule has 2 aromatic carbocycles. The summed E-state index contributed by atoms with van der Waals surface area (Å²) in [6.45, 7) is 4.15. The number of halogens is 1. The lowest BCUT2D eigenvalue weighted by Gasteiger charge is -2.33. The van der Waals surface area contributed by atoms with Gasteiger partial charge in [0.25, 0.3) is 0 Å². The molecule has 146 valence electrons. The number of benzene rings is 2. The third kappa shape index (κ3) is 3.80. The maximum absolute atomic E-state index is 12.8. The van der Waals surface area contributed by atoms with Crippen molar-refractivity contribution in [3.05, 3.63) is 64.5 Å². The molecule has 0 radical (unpaired) electrons. The molecule has 1 fully saturated rings. The van der Waals surface area contributed by atoms with Gasteiger partial charge in [0, 0.05) is 42.1 Å². The summed E-state index contributed by atoms with van der Waals surface area (Å²) in [5.74, 6) is 0. The fraction of sp³-hybridized carbons (Fsp3) is 0.250. The minimum Gasteiger partial charge on any atom is -0.345 e. The Kier molecular flexibility index (Phi) is 5.42. The van der Waals surface area contributed by atoms with Gasteiger partial charge in [-0.05, 0) is 30.7 Å². The minimum atomic E-state index is -3.53. The van der Waals surface area contributed by atoms with Crippen LogP contribution < -0.4 is 4.90 Å². The Bertz CT molecular complexity index is 1090. The molecular weight excluding hydrogens is 414 g/mol. The Labute approximate surface area is 174 Å².